The van der Waals surface area contributed by atoms with Gasteiger partial charge >= 0.3 is 6.18 Å². The average molecular weight is 297 g/mol. The van der Waals surface area contributed by atoms with Crippen molar-refractivity contribution >= 4 is 5.95 Å². The van der Waals surface area contributed by atoms with Crippen molar-refractivity contribution in [3.05, 3.63) is 53.6 Å². The van der Waals surface area contributed by atoms with E-state index < -0.39 is 11.9 Å². The van der Waals surface area contributed by atoms with Crippen LogP contribution in [0.1, 0.15) is 23.6 Å². The van der Waals surface area contributed by atoms with Gasteiger partial charge < -0.3 is 5.32 Å². The van der Waals surface area contributed by atoms with E-state index in [0.717, 1.165) is 17.8 Å². The van der Waals surface area contributed by atoms with E-state index in [9.17, 15) is 17.6 Å². The Hall–Kier alpha value is -2.18. The first-order chi connectivity index (χ1) is 9.93. The zero-order valence-corrected chi connectivity index (χ0v) is 10.7. The Kier molecular flexibility index (Phi) is 3.27. The van der Waals surface area contributed by atoms with Gasteiger partial charge in [0.05, 0.1) is 0 Å². The second-order valence-electron chi connectivity index (χ2n) is 4.91. The Morgan fingerprint density at radius 2 is 2.00 bits per heavy atom. The van der Waals surface area contributed by atoms with Crippen molar-refractivity contribution in [1.29, 1.82) is 0 Å². The molecule has 1 aromatic carbocycles. The maximum Gasteiger partial charge on any atom is 0.433 e. The lowest BCUT2D eigenvalue weighted by molar-refractivity contribution is -0.141. The van der Waals surface area contributed by atoms with Crippen LogP contribution in [0.5, 0.6) is 0 Å². The second kappa shape index (κ2) is 4.98. The molecule has 0 spiro atoms. The monoisotopic (exact) mass is 297 g/mol. The highest BCUT2D eigenvalue weighted by molar-refractivity contribution is 5.37. The zero-order chi connectivity index (χ0) is 15.0. The number of anilines is 1. The van der Waals surface area contributed by atoms with Crippen molar-refractivity contribution in [3.63, 3.8) is 0 Å². The van der Waals surface area contributed by atoms with E-state index in [4.69, 9.17) is 0 Å². The minimum atomic E-state index is -4.50. The van der Waals surface area contributed by atoms with Gasteiger partial charge in [0.2, 0.25) is 5.95 Å². The van der Waals surface area contributed by atoms with Crippen LogP contribution >= 0.6 is 0 Å². The van der Waals surface area contributed by atoms with E-state index >= 15 is 0 Å². The van der Waals surface area contributed by atoms with Gasteiger partial charge in [0, 0.05) is 18.2 Å². The second-order valence-corrected chi connectivity index (χ2v) is 4.91. The summed E-state index contributed by atoms with van der Waals surface area (Å²) in [7, 11) is 0. The number of nitrogens with one attached hydrogen (secondary N) is 1. The van der Waals surface area contributed by atoms with Gasteiger partial charge in [-0.2, -0.15) is 13.2 Å². The van der Waals surface area contributed by atoms with E-state index in [1.54, 1.807) is 12.1 Å². The number of halogens is 4. The summed E-state index contributed by atoms with van der Waals surface area (Å²) in [5, 5.41) is 2.85. The highest BCUT2D eigenvalue weighted by Gasteiger charge is 2.39. The van der Waals surface area contributed by atoms with Crippen molar-refractivity contribution in [2.45, 2.75) is 24.6 Å². The maximum absolute atomic E-state index is 13.1. The van der Waals surface area contributed by atoms with Crippen LogP contribution in [0.4, 0.5) is 23.5 Å². The fourth-order valence-corrected chi connectivity index (χ4v) is 2.21. The Balaban J connectivity index is 1.69. The molecule has 0 amide bonds. The summed E-state index contributed by atoms with van der Waals surface area (Å²) < 4.78 is 50.8. The third kappa shape index (κ3) is 3.12. The normalized spacial score (nSPS) is 21.1. The van der Waals surface area contributed by atoms with E-state index in [-0.39, 0.29) is 23.7 Å². The molecule has 0 bridgehead atoms. The number of aromatic nitrogens is 2. The summed E-state index contributed by atoms with van der Waals surface area (Å²) in [6, 6.07) is 6.94. The number of rotatable bonds is 3. The predicted molar refractivity (Wildman–Crippen MR) is 68.2 cm³/mol. The molecule has 0 radical (unpaired) electrons. The minimum Gasteiger partial charge on any atom is -0.351 e. The molecule has 2 atom stereocenters. The smallest absolute Gasteiger partial charge is 0.351 e. The molecule has 0 saturated heterocycles. The van der Waals surface area contributed by atoms with Gasteiger partial charge in [-0.05, 0) is 30.2 Å². The third-order valence-corrected chi connectivity index (χ3v) is 3.33. The number of hydrogen-bond donors (Lipinski definition) is 1. The Bertz CT molecular complexity index is 657. The van der Waals surface area contributed by atoms with Gasteiger partial charge in [-0.15, -0.1) is 0 Å². The van der Waals surface area contributed by atoms with Crippen molar-refractivity contribution < 1.29 is 17.6 Å². The van der Waals surface area contributed by atoms with Crippen molar-refractivity contribution in [1.82, 2.24) is 9.97 Å². The number of benzene rings is 1. The van der Waals surface area contributed by atoms with Crippen molar-refractivity contribution in [2.75, 3.05) is 5.32 Å². The van der Waals surface area contributed by atoms with Gasteiger partial charge in [-0.25, -0.2) is 14.4 Å². The Labute approximate surface area is 118 Å². The third-order valence-electron chi connectivity index (χ3n) is 3.33. The molecule has 1 N–H and O–H groups in total. The number of hydrogen-bond acceptors (Lipinski definition) is 3. The van der Waals surface area contributed by atoms with Gasteiger partial charge in [0.1, 0.15) is 11.5 Å². The molecule has 0 aliphatic heterocycles. The molecule has 1 saturated carbocycles. The van der Waals surface area contributed by atoms with E-state index in [1.165, 1.54) is 12.1 Å². The molecule has 1 aliphatic rings. The van der Waals surface area contributed by atoms with Crippen molar-refractivity contribution in [3.8, 4) is 0 Å². The van der Waals surface area contributed by atoms with Gasteiger partial charge in [-0.3, -0.25) is 0 Å². The zero-order valence-electron chi connectivity index (χ0n) is 10.7. The van der Waals surface area contributed by atoms with Crippen LogP contribution in [-0.4, -0.2) is 16.0 Å². The fourth-order valence-electron chi connectivity index (χ4n) is 2.21. The molecule has 1 fully saturated rings. The summed E-state index contributed by atoms with van der Waals surface area (Å²) >= 11 is 0. The quantitative estimate of drug-likeness (QED) is 0.880. The largest absolute Gasteiger partial charge is 0.433 e. The Morgan fingerprint density at radius 1 is 1.19 bits per heavy atom. The first-order valence-corrected chi connectivity index (χ1v) is 6.36. The molecule has 3 nitrogen and oxygen atoms in total. The molecule has 1 aromatic heterocycles. The molecule has 110 valence electrons. The highest BCUT2D eigenvalue weighted by Crippen LogP contribution is 2.42. The first kappa shape index (κ1) is 13.8. The molecule has 3 rings (SSSR count). The molecule has 7 heteroatoms. The Morgan fingerprint density at radius 3 is 2.71 bits per heavy atom. The van der Waals surface area contributed by atoms with Crippen LogP contribution in [0, 0.1) is 5.82 Å². The number of alkyl halides is 3. The van der Waals surface area contributed by atoms with E-state index in [1.807, 2.05) is 0 Å². The molecule has 0 unspecified atom stereocenters. The predicted octanol–water partition coefficient (Wildman–Crippen LogP) is 3.60. The summed E-state index contributed by atoms with van der Waals surface area (Å²) in [5.74, 6) is -0.318. The SMILES string of the molecule is Fc1cccc([C@@H]2C[C@H]2Nc2nccc(C(F)(F)F)n2)c1. The van der Waals surface area contributed by atoms with E-state index in [2.05, 4.69) is 15.3 Å². The average Bonchev–Trinajstić information content (AvgIpc) is 3.17. The minimum absolute atomic E-state index is 0.0614. The van der Waals surface area contributed by atoms with Crippen LogP contribution in [-0.2, 0) is 6.18 Å². The standard InChI is InChI=1S/C14H11F4N3/c15-9-3-1-2-8(6-9)10-7-11(10)20-13-19-5-4-12(21-13)14(16,17)18/h1-6,10-11H,7H2,(H,19,20,21)/t10-,11+/m0/s1. The molecule has 1 heterocycles. The lowest BCUT2D eigenvalue weighted by atomic mass is 10.1. The highest BCUT2D eigenvalue weighted by atomic mass is 19.4. The maximum atomic E-state index is 13.1. The molecular formula is C14H11F4N3. The summed E-state index contributed by atoms with van der Waals surface area (Å²) in [4.78, 5) is 7.23. The van der Waals surface area contributed by atoms with Gasteiger partial charge in [0.25, 0.3) is 0 Å². The van der Waals surface area contributed by atoms with E-state index in [0.29, 0.717) is 6.42 Å². The van der Waals surface area contributed by atoms with Crippen molar-refractivity contribution in [2.24, 2.45) is 0 Å². The van der Waals surface area contributed by atoms with Gasteiger partial charge in [-0.1, -0.05) is 12.1 Å². The first-order valence-electron chi connectivity index (χ1n) is 6.36. The number of nitrogens with zero attached hydrogens (tertiary/aromatic N) is 2. The van der Waals surface area contributed by atoms with Crippen LogP contribution in [0.15, 0.2) is 36.5 Å². The van der Waals surface area contributed by atoms with Crippen LogP contribution in [0.25, 0.3) is 0 Å². The van der Waals surface area contributed by atoms with Gasteiger partial charge in [0.15, 0.2) is 0 Å². The summed E-state index contributed by atoms with van der Waals surface area (Å²) in [6.45, 7) is 0. The summed E-state index contributed by atoms with van der Waals surface area (Å²) in [5.41, 5.74) is -0.164. The van der Waals surface area contributed by atoms with Crippen LogP contribution in [0.2, 0.25) is 0 Å². The molecular weight excluding hydrogens is 286 g/mol. The van der Waals surface area contributed by atoms with Crippen LogP contribution < -0.4 is 5.32 Å². The lowest BCUT2D eigenvalue weighted by Gasteiger charge is -2.08. The topological polar surface area (TPSA) is 37.8 Å². The van der Waals surface area contributed by atoms with Crippen LogP contribution in [0.3, 0.4) is 0 Å². The molecule has 2 aromatic rings. The fraction of sp³-hybridized carbons (Fsp3) is 0.286. The lowest BCUT2D eigenvalue weighted by Crippen LogP contribution is -2.13. The molecule has 21 heavy (non-hydrogen) atoms. The summed E-state index contributed by atoms with van der Waals surface area (Å²) in [6.07, 6.45) is -2.72. The molecule has 1 aliphatic carbocycles.